The molecule has 12 heteroatoms. The van der Waals surface area contributed by atoms with E-state index >= 15 is 0 Å². The van der Waals surface area contributed by atoms with Crippen LogP contribution in [0.1, 0.15) is 0 Å². The highest BCUT2D eigenvalue weighted by Gasteiger charge is 2.31. The lowest BCUT2D eigenvalue weighted by Gasteiger charge is -2.08. The fourth-order valence-corrected chi connectivity index (χ4v) is 2.58. The molecule has 28 heavy (non-hydrogen) atoms. The van der Waals surface area contributed by atoms with Crippen molar-refractivity contribution >= 4 is 11.2 Å². The Morgan fingerprint density at radius 3 is 2.46 bits per heavy atom. The van der Waals surface area contributed by atoms with Gasteiger partial charge in [-0.3, -0.25) is 4.57 Å². The second-order valence-corrected chi connectivity index (χ2v) is 5.67. The summed E-state index contributed by atoms with van der Waals surface area (Å²) in [5.41, 5.74) is 0.936. The predicted molar refractivity (Wildman–Crippen MR) is 89.9 cm³/mol. The van der Waals surface area contributed by atoms with E-state index in [0.29, 0.717) is 23.2 Å². The van der Waals surface area contributed by atoms with E-state index in [1.165, 1.54) is 19.5 Å². The molecule has 4 aromatic rings. The summed E-state index contributed by atoms with van der Waals surface area (Å²) in [5, 5.41) is 0. The van der Waals surface area contributed by atoms with Crippen molar-refractivity contribution in [2.45, 2.75) is 6.36 Å². The molecule has 0 saturated heterocycles. The zero-order valence-corrected chi connectivity index (χ0v) is 14.5. The summed E-state index contributed by atoms with van der Waals surface area (Å²) in [6.07, 6.45) is 2.27. The molecule has 0 saturated carbocycles. The number of imidazole rings is 2. The molecule has 0 N–H and O–H groups in total. The van der Waals surface area contributed by atoms with E-state index in [1.54, 1.807) is 28.7 Å². The van der Waals surface area contributed by atoms with Crippen LogP contribution in [0.3, 0.4) is 0 Å². The summed E-state index contributed by atoms with van der Waals surface area (Å²) in [6.45, 7) is 0. The fourth-order valence-electron chi connectivity index (χ4n) is 2.58. The number of rotatable bonds is 4. The van der Waals surface area contributed by atoms with Crippen molar-refractivity contribution in [3.63, 3.8) is 0 Å². The molecule has 0 aromatic carbocycles. The lowest BCUT2D eigenvalue weighted by atomic mass is 10.4. The lowest BCUT2D eigenvalue weighted by molar-refractivity contribution is -0.274. The van der Waals surface area contributed by atoms with Crippen LogP contribution in [0.2, 0.25) is 0 Å². The molecule has 0 atom stereocenters. The smallest absolute Gasteiger partial charge is 0.480 e. The van der Waals surface area contributed by atoms with Gasteiger partial charge in [0.05, 0.1) is 32.0 Å². The van der Waals surface area contributed by atoms with Crippen LogP contribution in [0.25, 0.3) is 28.5 Å². The average molecular weight is 391 g/mol. The topological polar surface area (TPSA) is 92.8 Å². The van der Waals surface area contributed by atoms with E-state index in [0.717, 1.165) is 12.3 Å². The minimum absolute atomic E-state index is 0.181. The lowest BCUT2D eigenvalue weighted by Crippen LogP contribution is -2.17. The van der Waals surface area contributed by atoms with Gasteiger partial charge in [0.2, 0.25) is 5.88 Å². The SMILES string of the molecule is COc1cnc(-n2c(-c3cn(C)cn3)nc3cc(OC(F)(F)F)cnc32)cn1. The number of hydrogen-bond donors (Lipinski definition) is 0. The number of fused-ring (bicyclic) bond motifs is 1. The maximum Gasteiger partial charge on any atom is 0.573 e. The van der Waals surface area contributed by atoms with E-state index in [4.69, 9.17) is 4.74 Å². The zero-order chi connectivity index (χ0) is 19.9. The second-order valence-electron chi connectivity index (χ2n) is 5.67. The summed E-state index contributed by atoms with van der Waals surface area (Å²) < 4.78 is 49.7. The van der Waals surface area contributed by atoms with Gasteiger partial charge in [-0.15, -0.1) is 13.2 Å². The van der Waals surface area contributed by atoms with Gasteiger partial charge < -0.3 is 14.0 Å². The summed E-state index contributed by atoms with van der Waals surface area (Å²) in [5.74, 6) is 0.520. The van der Waals surface area contributed by atoms with E-state index in [2.05, 4.69) is 29.7 Å². The molecule has 0 bridgehead atoms. The van der Waals surface area contributed by atoms with Gasteiger partial charge in [-0.05, 0) is 0 Å². The molecular formula is C16H12F3N7O2. The Balaban J connectivity index is 1.91. The van der Waals surface area contributed by atoms with Crippen molar-refractivity contribution in [3.8, 4) is 29.0 Å². The molecule has 0 fully saturated rings. The van der Waals surface area contributed by atoms with Crippen molar-refractivity contribution < 1.29 is 22.6 Å². The molecule has 0 spiro atoms. The first-order chi connectivity index (χ1) is 13.3. The van der Waals surface area contributed by atoms with E-state index in [1.807, 2.05) is 0 Å². The summed E-state index contributed by atoms with van der Waals surface area (Å²) in [4.78, 5) is 21.1. The predicted octanol–water partition coefficient (Wildman–Crippen LogP) is 2.52. The number of aryl methyl sites for hydroxylation is 1. The number of halogens is 3. The van der Waals surface area contributed by atoms with Gasteiger partial charge in [-0.2, -0.15) is 0 Å². The van der Waals surface area contributed by atoms with Crippen LogP contribution >= 0.6 is 0 Å². The summed E-state index contributed by atoms with van der Waals surface area (Å²) >= 11 is 0. The third-order valence-electron chi connectivity index (χ3n) is 3.69. The third-order valence-corrected chi connectivity index (χ3v) is 3.69. The van der Waals surface area contributed by atoms with E-state index in [9.17, 15) is 13.2 Å². The molecule has 4 aromatic heterocycles. The third kappa shape index (κ3) is 3.31. The summed E-state index contributed by atoms with van der Waals surface area (Å²) in [7, 11) is 3.24. The van der Waals surface area contributed by atoms with Crippen LogP contribution in [0.15, 0.2) is 37.2 Å². The van der Waals surface area contributed by atoms with Crippen molar-refractivity contribution in [3.05, 3.63) is 37.2 Å². The van der Waals surface area contributed by atoms with Crippen LogP contribution in [0, 0.1) is 0 Å². The molecular weight excluding hydrogens is 379 g/mol. The Morgan fingerprint density at radius 1 is 1.04 bits per heavy atom. The van der Waals surface area contributed by atoms with Crippen LogP contribution in [0.5, 0.6) is 11.6 Å². The standard InChI is InChI=1S/C16H12F3N7O2/c1-25-7-11(23-8-25)15-24-10-3-9(28-16(17,18)19)4-22-14(10)26(15)12-5-21-13(27-2)6-20-12/h3-8H,1-2H3. The van der Waals surface area contributed by atoms with Gasteiger partial charge in [0.15, 0.2) is 17.3 Å². The van der Waals surface area contributed by atoms with Crippen LogP contribution in [-0.4, -0.2) is 47.5 Å². The quantitative estimate of drug-likeness (QED) is 0.528. The molecule has 0 radical (unpaired) electrons. The Labute approximate surface area is 155 Å². The number of nitrogens with zero attached hydrogens (tertiary/aromatic N) is 7. The zero-order valence-electron chi connectivity index (χ0n) is 14.5. The van der Waals surface area contributed by atoms with Crippen molar-refractivity contribution in [2.24, 2.45) is 7.05 Å². The molecule has 144 valence electrons. The molecule has 0 unspecified atom stereocenters. The van der Waals surface area contributed by atoms with Gasteiger partial charge in [0.1, 0.15) is 17.0 Å². The van der Waals surface area contributed by atoms with Gasteiger partial charge in [0, 0.05) is 19.3 Å². The fraction of sp³-hybridized carbons (Fsp3) is 0.188. The highest BCUT2D eigenvalue weighted by molar-refractivity contribution is 5.79. The first-order valence-electron chi connectivity index (χ1n) is 7.83. The summed E-state index contributed by atoms with van der Waals surface area (Å²) in [6, 6.07) is 1.15. The van der Waals surface area contributed by atoms with Gasteiger partial charge >= 0.3 is 6.36 Å². The number of hydrogen-bond acceptors (Lipinski definition) is 7. The number of methoxy groups -OCH3 is 1. The van der Waals surface area contributed by atoms with Crippen molar-refractivity contribution in [1.82, 2.24) is 34.1 Å². The minimum Gasteiger partial charge on any atom is -0.480 e. The Bertz CT molecular complexity index is 1140. The highest BCUT2D eigenvalue weighted by atomic mass is 19.4. The van der Waals surface area contributed by atoms with E-state index < -0.39 is 12.1 Å². The second kappa shape index (κ2) is 6.48. The Hall–Kier alpha value is -3.70. The Kier molecular flexibility index (Phi) is 4.09. The normalized spacial score (nSPS) is 11.8. The maximum absolute atomic E-state index is 12.5. The minimum atomic E-state index is -4.83. The first-order valence-corrected chi connectivity index (χ1v) is 7.83. The van der Waals surface area contributed by atoms with Crippen LogP contribution < -0.4 is 9.47 Å². The average Bonchev–Trinajstić information content (AvgIpc) is 3.23. The molecule has 0 aliphatic rings. The van der Waals surface area contributed by atoms with Gasteiger partial charge in [-0.25, -0.2) is 24.9 Å². The largest absolute Gasteiger partial charge is 0.573 e. The molecule has 4 rings (SSSR count). The van der Waals surface area contributed by atoms with E-state index in [-0.39, 0.29) is 11.2 Å². The van der Waals surface area contributed by atoms with Gasteiger partial charge in [0.25, 0.3) is 0 Å². The number of aromatic nitrogens is 7. The highest BCUT2D eigenvalue weighted by Crippen LogP contribution is 2.29. The molecule has 0 aliphatic carbocycles. The molecule has 4 heterocycles. The number of pyridine rings is 1. The molecule has 9 nitrogen and oxygen atoms in total. The van der Waals surface area contributed by atoms with Crippen molar-refractivity contribution in [2.75, 3.05) is 7.11 Å². The molecule has 0 aliphatic heterocycles. The molecule has 0 amide bonds. The number of ether oxygens (including phenoxy) is 2. The monoisotopic (exact) mass is 391 g/mol. The number of alkyl halides is 3. The van der Waals surface area contributed by atoms with Crippen LogP contribution in [-0.2, 0) is 7.05 Å². The van der Waals surface area contributed by atoms with Gasteiger partial charge in [-0.1, -0.05) is 0 Å². The van der Waals surface area contributed by atoms with Crippen molar-refractivity contribution in [1.29, 1.82) is 0 Å². The first kappa shape index (κ1) is 17.7. The maximum atomic E-state index is 12.5. The van der Waals surface area contributed by atoms with Crippen LogP contribution in [0.4, 0.5) is 13.2 Å². The Morgan fingerprint density at radius 2 is 1.86 bits per heavy atom.